The van der Waals surface area contributed by atoms with Gasteiger partial charge in [0.2, 0.25) is 0 Å². The van der Waals surface area contributed by atoms with E-state index >= 15 is 0 Å². The molecule has 2 fully saturated rings. The van der Waals surface area contributed by atoms with E-state index < -0.39 is 0 Å². The summed E-state index contributed by atoms with van der Waals surface area (Å²) in [5.41, 5.74) is 0. The lowest BCUT2D eigenvalue weighted by atomic mass is 9.80. The van der Waals surface area contributed by atoms with Gasteiger partial charge >= 0.3 is 0 Å². The van der Waals surface area contributed by atoms with Gasteiger partial charge in [-0.2, -0.15) is 0 Å². The van der Waals surface area contributed by atoms with Gasteiger partial charge in [0.15, 0.2) is 0 Å². The highest BCUT2D eigenvalue weighted by Gasteiger charge is 2.37. The molecule has 4 atom stereocenters. The van der Waals surface area contributed by atoms with Gasteiger partial charge in [-0.05, 0) is 23.7 Å². The van der Waals surface area contributed by atoms with E-state index in [9.17, 15) is 0 Å². The van der Waals surface area contributed by atoms with Crippen molar-refractivity contribution in [1.82, 2.24) is 0 Å². The molecule has 0 N–H and O–H groups in total. The van der Waals surface area contributed by atoms with Crippen LogP contribution in [0.25, 0.3) is 0 Å². The summed E-state index contributed by atoms with van der Waals surface area (Å²) in [5, 5.41) is 0. The molecular formula is C10H18O2. The number of ether oxygens (including phenoxy) is 2. The van der Waals surface area contributed by atoms with Gasteiger partial charge in [-0.15, -0.1) is 0 Å². The van der Waals surface area contributed by atoms with E-state index in [1.165, 1.54) is 0 Å². The zero-order valence-electron chi connectivity index (χ0n) is 7.95. The summed E-state index contributed by atoms with van der Waals surface area (Å²) in [6, 6.07) is 0. The molecule has 2 heterocycles. The van der Waals surface area contributed by atoms with E-state index in [0.29, 0.717) is 11.8 Å². The standard InChI is InChI=1S/C10H18O2/c1-7-3-11-4-8(2)10-6-12-5-9(7)10/h7-10H,3-6H2,1-2H3/t7-,8+,9+,10-. The van der Waals surface area contributed by atoms with Crippen molar-refractivity contribution in [2.24, 2.45) is 23.7 Å². The Hall–Kier alpha value is -0.0800. The molecule has 0 aromatic rings. The van der Waals surface area contributed by atoms with E-state index in [0.717, 1.165) is 38.3 Å². The van der Waals surface area contributed by atoms with Crippen LogP contribution in [0.5, 0.6) is 0 Å². The van der Waals surface area contributed by atoms with Crippen molar-refractivity contribution >= 4 is 0 Å². The molecule has 2 aliphatic heterocycles. The van der Waals surface area contributed by atoms with Crippen molar-refractivity contribution < 1.29 is 9.47 Å². The maximum atomic E-state index is 5.60. The highest BCUT2D eigenvalue weighted by atomic mass is 16.5. The first-order valence-corrected chi connectivity index (χ1v) is 4.94. The van der Waals surface area contributed by atoms with Crippen molar-refractivity contribution in [1.29, 1.82) is 0 Å². The first kappa shape index (κ1) is 8.52. The maximum absolute atomic E-state index is 5.60. The third-order valence-corrected chi connectivity index (χ3v) is 3.39. The average molecular weight is 170 g/mol. The van der Waals surface area contributed by atoms with Crippen molar-refractivity contribution in [3.63, 3.8) is 0 Å². The van der Waals surface area contributed by atoms with Crippen LogP contribution in [0.1, 0.15) is 13.8 Å². The van der Waals surface area contributed by atoms with Gasteiger partial charge in [0.25, 0.3) is 0 Å². The SMILES string of the molecule is C[C@@H]1COC[C@H](C)[C@H]2COC[C@H]21. The molecule has 12 heavy (non-hydrogen) atoms. The lowest BCUT2D eigenvalue weighted by molar-refractivity contribution is 0.0750. The molecule has 2 rings (SSSR count). The quantitative estimate of drug-likeness (QED) is 0.549. The smallest absolute Gasteiger partial charge is 0.0501 e. The highest BCUT2D eigenvalue weighted by Crippen LogP contribution is 2.35. The predicted molar refractivity (Wildman–Crippen MR) is 46.9 cm³/mol. The van der Waals surface area contributed by atoms with Gasteiger partial charge in [0.05, 0.1) is 13.2 Å². The van der Waals surface area contributed by atoms with E-state index in [1.807, 2.05) is 0 Å². The topological polar surface area (TPSA) is 18.5 Å². The Morgan fingerprint density at radius 3 is 1.67 bits per heavy atom. The summed E-state index contributed by atoms with van der Waals surface area (Å²) in [6.07, 6.45) is 0. The monoisotopic (exact) mass is 170 g/mol. The van der Waals surface area contributed by atoms with E-state index in [2.05, 4.69) is 13.8 Å². The molecule has 0 amide bonds. The van der Waals surface area contributed by atoms with Crippen LogP contribution in [-0.2, 0) is 9.47 Å². The van der Waals surface area contributed by atoms with E-state index in [1.54, 1.807) is 0 Å². The molecule has 2 heteroatoms. The van der Waals surface area contributed by atoms with Gasteiger partial charge in [-0.25, -0.2) is 0 Å². The Labute approximate surface area is 74.2 Å². The van der Waals surface area contributed by atoms with E-state index in [4.69, 9.17) is 9.47 Å². The molecule has 0 saturated carbocycles. The molecule has 0 unspecified atom stereocenters. The summed E-state index contributed by atoms with van der Waals surface area (Å²) in [5.74, 6) is 2.87. The molecular weight excluding hydrogens is 152 g/mol. The van der Waals surface area contributed by atoms with Crippen molar-refractivity contribution in [2.75, 3.05) is 26.4 Å². The lowest BCUT2D eigenvalue weighted by Crippen LogP contribution is -2.24. The summed E-state index contributed by atoms with van der Waals surface area (Å²) in [6.45, 7) is 8.33. The van der Waals surface area contributed by atoms with Gasteiger partial charge < -0.3 is 9.47 Å². The summed E-state index contributed by atoms with van der Waals surface area (Å²) >= 11 is 0. The Kier molecular flexibility index (Phi) is 2.37. The molecule has 2 aliphatic rings. The molecule has 0 aromatic carbocycles. The Balaban J connectivity index is 2.09. The zero-order valence-corrected chi connectivity index (χ0v) is 7.95. The van der Waals surface area contributed by atoms with Crippen molar-refractivity contribution in [3.05, 3.63) is 0 Å². The predicted octanol–water partition coefficient (Wildman–Crippen LogP) is 1.55. The fraction of sp³-hybridized carbons (Fsp3) is 1.00. The Bertz CT molecular complexity index is 142. The number of hydrogen-bond acceptors (Lipinski definition) is 2. The fourth-order valence-electron chi connectivity index (χ4n) is 2.45. The average Bonchev–Trinajstić information content (AvgIpc) is 2.47. The maximum Gasteiger partial charge on any atom is 0.0501 e. The van der Waals surface area contributed by atoms with Crippen LogP contribution >= 0.6 is 0 Å². The third-order valence-electron chi connectivity index (χ3n) is 3.39. The van der Waals surface area contributed by atoms with Crippen molar-refractivity contribution in [3.8, 4) is 0 Å². The molecule has 0 aromatic heterocycles. The molecule has 2 nitrogen and oxygen atoms in total. The number of fused-ring (bicyclic) bond motifs is 1. The summed E-state index contributed by atoms with van der Waals surface area (Å²) in [7, 11) is 0. The van der Waals surface area contributed by atoms with Crippen LogP contribution < -0.4 is 0 Å². The molecule has 0 aliphatic carbocycles. The third kappa shape index (κ3) is 1.38. The van der Waals surface area contributed by atoms with Gasteiger partial charge in [-0.1, -0.05) is 13.8 Å². The lowest BCUT2D eigenvalue weighted by Gasteiger charge is -2.22. The van der Waals surface area contributed by atoms with Gasteiger partial charge in [0.1, 0.15) is 0 Å². The van der Waals surface area contributed by atoms with Crippen LogP contribution in [0.15, 0.2) is 0 Å². The molecule has 0 spiro atoms. The fourth-order valence-corrected chi connectivity index (χ4v) is 2.45. The molecule has 2 saturated heterocycles. The minimum atomic E-state index is 0.683. The van der Waals surface area contributed by atoms with E-state index in [-0.39, 0.29) is 0 Å². The summed E-state index contributed by atoms with van der Waals surface area (Å²) < 4.78 is 11.1. The Morgan fingerprint density at radius 2 is 1.17 bits per heavy atom. The normalized spacial score (nSPS) is 48.5. The minimum absolute atomic E-state index is 0.683. The highest BCUT2D eigenvalue weighted by molar-refractivity contribution is 4.84. The molecule has 70 valence electrons. The molecule has 0 radical (unpaired) electrons. The zero-order chi connectivity index (χ0) is 8.55. The second-order valence-corrected chi connectivity index (χ2v) is 4.36. The van der Waals surface area contributed by atoms with Crippen LogP contribution in [0.3, 0.4) is 0 Å². The second kappa shape index (κ2) is 3.35. The Morgan fingerprint density at radius 1 is 0.750 bits per heavy atom. The van der Waals surface area contributed by atoms with Crippen LogP contribution in [-0.4, -0.2) is 26.4 Å². The first-order chi connectivity index (χ1) is 5.79. The largest absolute Gasteiger partial charge is 0.381 e. The second-order valence-electron chi connectivity index (χ2n) is 4.36. The van der Waals surface area contributed by atoms with Gasteiger partial charge in [-0.3, -0.25) is 0 Å². The first-order valence-electron chi connectivity index (χ1n) is 4.94. The van der Waals surface area contributed by atoms with Crippen LogP contribution in [0.2, 0.25) is 0 Å². The van der Waals surface area contributed by atoms with Gasteiger partial charge in [0, 0.05) is 13.2 Å². The summed E-state index contributed by atoms with van der Waals surface area (Å²) in [4.78, 5) is 0. The van der Waals surface area contributed by atoms with Crippen LogP contribution in [0, 0.1) is 23.7 Å². The number of hydrogen-bond donors (Lipinski definition) is 0. The number of rotatable bonds is 0. The minimum Gasteiger partial charge on any atom is -0.381 e. The van der Waals surface area contributed by atoms with Crippen LogP contribution in [0.4, 0.5) is 0 Å². The van der Waals surface area contributed by atoms with Crippen molar-refractivity contribution in [2.45, 2.75) is 13.8 Å². The molecule has 0 bridgehead atoms.